The second-order valence-corrected chi connectivity index (χ2v) is 7.40. The van der Waals surface area contributed by atoms with Crippen LogP contribution in [0, 0.1) is 12.3 Å². The number of nitrogens with zero attached hydrogens (tertiary/aromatic N) is 3. The third kappa shape index (κ3) is 4.78. The Hall–Kier alpha value is -2.14. The number of hydrogen-bond acceptors (Lipinski definition) is 5. The quantitative estimate of drug-likeness (QED) is 0.503. The van der Waals surface area contributed by atoms with E-state index < -0.39 is 0 Å². The van der Waals surface area contributed by atoms with Crippen LogP contribution < -0.4 is 10.2 Å². The molecule has 1 aromatic carbocycles. The third-order valence-electron chi connectivity index (χ3n) is 4.50. The van der Waals surface area contributed by atoms with E-state index in [9.17, 15) is 4.79 Å². The first-order valence-corrected chi connectivity index (χ1v) is 10.2. The number of ether oxygens (including phenoxy) is 1. The molecule has 7 heteroatoms. The lowest BCUT2D eigenvalue weighted by Gasteiger charge is -2.21. The summed E-state index contributed by atoms with van der Waals surface area (Å²) in [6.07, 6.45) is 7.81. The van der Waals surface area contributed by atoms with Crippen molar-refractivity contribution in [2.75, 3.05) is 37.7 Å². The molecule has 27 heavy (non-hydrogen) atoms. The van der Waals surface area contributed by atoms with E-state index >= 15 is 0 Å². The SMILES string of the molecule is C#CCCCCN1CC(NCCOCC)N(c2nc3ccccc3s2)C1=O. The van der Waals surface area contributed by atoms with Crippen LogP contribution >= 0.6 is 11.3 Å². The van der Waals surface area contributed by atoms with Gasteiger partial charge >= 0.3 is 6.03 Å². The number of aromatic nitrogens is 1. The van der Waals surface area contributed by atoms with Gasteiger partial charge < -0.3 is 9.64 Å². The average molecular weight is 387 g/mol. The van der Waals surface area contributed by atoms with Gasteiger partial charge in [0.25, 0.3) is 0 Å². The number of rotatable bonds is 10. The molecule has 0 saturated carbocycles. The van der Waals surface area contributed by atoms with E-state index in [1.165, 1.54) is 0 Å². The van der Waals surface area contributed by atoms with Crippen LogP contribution in [0.2, 0.25) is 0 Å². The summed E-state index contributed by atoms with van der Waals surface area (Å²) in [7, 11) is 0. The van der Waals surface area contributed by atoms with Crippen molar-refractivity contribution in [3.63, 3.8) is 0 Å². The second-order valence-electron chi connectivity index (χ2n) is 6.39. The molecule has 1 saturated heterocycles. The van der Waals surface area contributed by atoms with Crippen molar-refractivity contribution >= 4 is 32.7 Å². The minimum absolute atomic E-state index is 0.00340. The van der Waals surface area contributed by atoms with Crippen LogP contribution in [0.25, 0.3) is 10.2 Å². The summed E-state index contributed by atoms with van der Waals surface area (Å²) in [5.74, 6) is 2.65. The van der Waals surface area contributed by atoms with E-state index in [-0.39, 0.29) is 12.2 Å². The van der Waals surface area contributed by atoms with Gasteiger partial charge in [0.05, 0.1) is 23.4 Å². The number of carbonyl (C=O) groups is 1. The molecule has 1 unspecified atom stereocenters. The lowest BCUT2D eigenvalue weighted by Crippen LogP contribution is -2.45. The number of anilines is 1. The zero-order valence-electron chi connectivity index (χ0n) is 15.7. The Kier molecular flexibility index (Phi) is 7.04. The molecule has 0 radical (unpaired) electrons. The first-order chi connectivity index (χ1) is 13.2. The molecule has 144 valence electrons. The van der Waals surface area contributed by atoms with Gasteiger partial charge in [0.1, 0.15) is 6.17 Å². The van der Waals surface area contributed by atoms with E-state index in [4.69, 9.17) is 11.2 Å². The van der Waals surface area contributed by atoms with Crippen molar-refractivity contribution < 1.29 is 9.53 Å². The molecule has 1 atom stereocenters. The van der Waals surface area contributed by atoms with Crippen molar-refractivity contribution in [3.8, 4) is 12.3 Å². The molecule has 1 aromatic heterocycles. The molecular formula is C20H26N4O2S. The van der Waals surface area contributed by atoms with E-state index in [0.717, 1.165) is 34.6 Å². The second kappa shape index (κ2) is 9.70. The lowest BCUT2D eigenvalue weighted by atomic mass is 10.2. The van der Waals surface area contributed by atoms with E-state index in [1.54, 1.807) is 16.2 Å². The fourth-order valence-electron chi connectivity index (χ4n) is 3.15. The number of para-hydroxylation sites is 1. The van der Waals surface area contributed by atoms with Crippen molar-refractivity contribution in [2.45, 2.75) is 32.4 Å². The first-order valence-electron chi connectivity index (χ1n) is 9.43. The van der Waals surface area contributed by atoms with Crippen LogP contribution in [0.3, 0.4) is 0 Å². The molecule has 0 bridgehead atoms. The van der Waals surface area contributed by atoms with Crippen LogP contribution in [0.15, 0.2) is 24.3 Å². The lowest BCUT2D eigenvalue weighted by molar-refractivity contribution is 0.147. The van der Waals surface area contributed by atoms with Gasteiger partial charge in [-0.05, 0) is 31.9 Å². The summed E-state index contributed by atoms with van der Waals surface area (Å²) in [6, 6.07) is 7.97. The Morgan fingerprint density at radius 1 is 1.41 bits per heavy atom. The van der Waals surface area contributed by atoms with Crippen LogP contribution in [0.5, 0.6) is 0 Å². The van der Waals surface area contributed by atoms with E-state index in [1.807, 2.05) is 36.1 Å². The normalized spacial score (nSPS) is 17.0. The molecule has 0 aliphatic carbocycles. The maximum absolute atomic E-state index is 13.1. The Bertz CT molecular complexity index is 768. The Labute approximate surface area is 164 Å². The average Bonchev–Trinajstić information content (AvgIpc) is 3.23. The topological polar surface area (TPSA) is 57.7 Å². The summed E-state index contributed by atoms with van der Waals surface area (Å²) in [6.45, 7) is 5.33. The van der Waals surface area contributed by atoms with E-state index in [2.05, 4.69) is 16.2 Å². The number of benzene rings is 1. The molecule has 1 aliphatic heterocycles. The molecule has 2 amide bonds. The fraction of sp³-hybridized carbons (Fsp3) is 0.500. The standard InChI is InChI=1S/C20H26N4O2S/c1-3-5-6-9-13-23-15-18(21-12-14-26-4-2)24(20(23)25)19-22-16-10-7-8-11-17(16)27-19/h1,7-8,10-11,18,21H,4-6,9,12-15H2,2H3. The summed E-state index contributed by atoms with van der Waals surface area (Å²) >= 11 is 1.55. The Morgan fingerprint density at radius 2 is 2.26 bits per heavy atom. The number of nitrogens with one attached hydrogen (secondary N) is 1. The zero-order chi connectivity index (χ0) is 19.1. The summed E-state index contributed by atoms with van der Waals surface area (Å²) in [5, 5.41) is 4.18. The zero-order valence-corrected chi connectivity index (χ0v) is 16.5. The summed E-state index contributed by atoms with van der Waals surface area (Å²) in [4.78, 5) is 21.4. The number of terminal acetylenes is 1. The van der Waals surface area contributed by atoms with Crippen molar-refractivity contribution in [3.05, 3.63) is 24.3 Å². The molecule has 0 spiro atoms. The third-order valence-corrected chi connectivity index (χ3v) is 5.54. The Morgan fingerprint density at radius 3 is 3.04 bits per heavy atom. The smallest absolute Gasteiger partial charge is 0.327 e. The molecule has 6 nitrogen and oxygen atoms in total. The van der Waals surface area contributed by atoms with E-state index in [0.29, 0.717) is 32.8 Å². The van der Waals surface area contributed by atoms with Gasteiger partial charge in [0.15, 0.2) is 5.13 Å². The van der Waals surface area contributed by atoms with Gasteiger partial charge in [-0.3, -0.25) is 10.2 Å². The van der Waals surface area contributed by atoms with Crippen LogP contribution in [-0.4, -0.2) is 54.9 Å². The molecule has 2 aromatic rings. The number of carbonyl (C=O) groups excluding carboxylic acids is 1. The maximum Gasteiger partial charge on any atom is 0.327 e. The highest BCUT2D eigenvalue weighted by molar-refractivity contribution is 7.22. The van der Waals surface area contributed by atoms with Crippen LogP contribution in [0.1, 0.15) is 26.2 Å². The first kappa shape index (κ1) is 19.6. The van der Waals surface area contributed by atoms with Gasteiger partial charge in [0, 0.05) is 26.1 Å². The summed E-state index contributed by atoms with van der Waals surface area (Å²) < 4.78 is 6.50. The van der Waals surface area contributed by atoms with Gasteiger partial charge in [-0.2, -0.15) is 0 Å². The fourth-order valence-corrected chi connectivity index (χ4v) is 4.16. The highest BCUT2D eigenvalue weighted by Gasteiger charge is 2.39. The highest BCUT2D eigenvalue weighted by Crippen LogP contribution is 2.32. The largest absolute Gasteiger partial charge is 0.380 e. The van der Waals surface area contributed by atoms with Crippen LogP contribution in [-0.2, 0) is 4.74 Å². The predicted octanol–water partition coefficient (Wildman–Crippen LogP) is 3.29. The Balaban J connectivity index is 1.73. The number of unbranched alkanes of at least 4 members (excludes halogenated alkanes) is 2. The van der Waals surface area contributed by atoms with Crippen molar-refractivity contribution in [1.29, 1.82) is 0 Å². The number of fused-ring (bicyclic) bond motifs is 1. The molecule has 1 aliphatic rings. The van der Waals surface area contributed by atoms with Gasteiger partial charge in [-0.25, -0.2) is 9.78 Å². The van der Waals surface area contributed by atoms with Crippen LogP contribution in [0.4, 0.5) is 9.93 Å². The number of hydrogen-bond donors (Lipinski definition) is 1. The summed E-state index contributed by atoms with van der Waals surface area (Å²) in [5.41, 5.74) is 0.922. The highest BCUT2D eigenvalue weighted by atomic mass is 32.1. The minimum atomic E-state index is -0.105. The van der Waals surface area contributed by atoms with Crippen molar-refractivity contribution in [1.82, 2.24) is 15.2 Å². The molecule has 2 heterocycles. The van der Waals surface area contributed by atoms with Gasteiger partial charge in [-0.1, -0.05) is 23.5 Å². The molecule has 1 fully saturated rings. The molecular weight excluding hydrogens is 360 g/mol. The molecule has 1 N–H and O–H groups in total. The predicted molar refractivity (Wildman–Crippen MR) is 110 cm³/mol. The number of amides is 2. The van der Waals surface area contributed by atoms with Crippen molar-refractivity contribution in [2.24, 2.45) is 0 Å². The molecule has 3 rings (SSSR count). The monoisotopic (exact) mass is 386 g/mol. The maximum atomic E-state index is 13.1. The number of thiazole rings is 1. The number of urea groups is 1. The van der Waals surface area contributed by atoms with Gasteiger partial charge in [-0.15, -0.1) is 12.3 Å². The minimum Gasteiger partial charge on any atom is -0.380 e. The van der Waals surface area contributed by atoms with Gasteiger partial charge in [0.2, 0.25) is 0 Å².